The van der Waals surface area contributed by atoms with Gasteiger partial charge in [0.25, 0.3) is 0 Å². The van der Waals surface area contributed by atoms with Crippen LogP contribution in [0.5, 0.6) is 0 Å². The first kappa shape index (κ1) is 7.48. The molecule has 0 saturated carbocycles. The number of hydrogen-bond acceptors (Lipinski definition) is 2. The zero-order chi connectivity index (χ0) is 7.72. The SMILES string of the molecule is Cc1nc(Cl)c(C)[15n]c1C. The van der Waals surface area contributed by atoms with Crippen LogP contribution in [0.25, 0.3) is 0 Å². The molecule has 0 saturated heterocycles. The molecule has 1 aromatic rings. The van der Waals surface area contributed by atoms with Crippen molar-refractivity contribution in [3.05, 3.63) is 22.2 Å². The van der Waals surface area contributed by atoms with E-state index in [1.807, 2.05) is 20.8 Å². The molecular formula is C7H9ClN2. The quantitative estimate of drug-likeness (QED) is 0.576. The Hall–Kier alpha value is -0.630. The third-order valence-electron chi connectivity index (χ3n) is 1.42. The molecule has 10 heavy (non-hydrogen) atoms. The molecule has 1 aromatic heterocycles. The Morgan fingerprint density at radius 2 is 1.40 bits per heavy atom. The van der Waals surface area contributed by atoms with Crippen LogP contribution in [0.15, 0.2) is 0 Å². The van der Waals surface area contributed by atoms with Gasteiger partial charge in [0.1, 0.15) is 0 Å². The van der Waals surface area contributed by atoms with Gasteiger partial charge in [-0.05, 0) is 20.8 Å². The summed E-state index contributed by atoms with van der Waals surface area (Å²) in [6.07, 6.45) is 0. The van der Waals surface area contributed by atoms with Crippen molar-refractivity contribution in [3.63, 3.8) is 0 Å². The maximum atomic E-state index is 5.71. The van der Waals surface area contributed by atoms with E-state index in [1.165, 1.54) is 0 Å². The van der Waals surface area contributed by atoms with Gasteiger partial charge in [-0.1, -0.05) is 11.6 Å². The maximum Gasteiger partial charge on any atom is 0.150 e. The van der Waals surface area contributed by atoms with Crippen molar-refractivity contribution in [2.45, 2.75) is 20.8 Å². The number of hydrogen-bond donors (Lipinski definition) is 0. The van der Waals surface area contributed by atoms with E-state index in [2.05, 4.69) is 9.97 Å². The molecule has 0 aliphatic carbocycles. The average Bonchev–Trinajstić information content (AvgIpc) is 1.84. The summed E-state index contributed by atoms with van der Waals surface area (Å²) < 4.78 is 0. The summed E-state index contributed by atoms with van der Waals surface area (Å²) in [7, 11) is 0. The van der Waals surface area contributed by atoms with Crippen LogP contribution < -0.4 is 0 Å². The molecule has 54 valence electrons. The number of halogens is 1. The van der Waals surface area contributed by atoms with Gasteiger partial charge in [-0.15, -0.1) is 0 Å². The minimum Gasteiger partial charge on any atom is -0.253 e. The van der Waals surface area contributed by atoms with E-state index < -0.39 is 0 Å². The highest BCUT2D eigenvalue weighted by Gasteiger charge is 2.00. The van der Waals surface area contributed by atoms with Crippen LogP contribution in [0.1, 0.15) is 17.1 Å². The standard InChI is InChI=1S/C7H9ClN2/c1-4-5(2)10-7(8)6(3)9-4/h1-3H3/i9+1. The first-order chi connectivity index (χ1) is 4.61. The summed E-state index contributed by atoms with van der Waals surface area (Å²) in [5.74, 6) is 0. The highest BCUT2D eigenvalue weighted by Crippen LogP contribution is 2.11. The molecule has 2 nitrogen and oxygen atoms in total. The molecular weight excluding hydrogens is 149 g/mol. The van der Waals surface area contributed by atoms with Crippen LogP contribution in [0, 0.1) is 20.8 Å². The monoisotopic (exact) mass is 157 g/mol. The molecule has 0 N–H and O–H groups in total. The average molecular weight is 158 g/mol. The minimum absolute atomic E-state index is 0.503. The van der Waals surface area contributed by atoms with Crippen molar-refractivity contribution in [2.75, 3.05) is 0 Å². The summed E-state index contributed by atoms with van der Waals surface area (Å²) in [5, 5.41) is 0.503. The van der Waals surface area contributed by atoms with Crippen molar-refractivity contribution < 1.29 is 0 Å². The fourth-order valence-corrected chi connectivity index (χ4v) is 0.857. The van der Waals surface area contributed by atoms with Gasteiger partial charge in [-0.3, -0.25) is 4.98 Å². The van der Waals surface area contributed by atoms with Crippen molar-refractivity contribution in [3.8, 4) is 0 Å². The van der Waals surface area contributed by atoms with Gasteiger partial charge >= 0.3 is 0 Å². The molecule has 0 aromatic carbocycles. The van der Waals surface area contributed by atoms with Gasteiger partial charge in [0, 0.05) is 0 Å². The Morgan fingerprint density at radius 1 is 0.900 bits per heavy atom. The Morgan fingerprint density at radius 3 is 1.90 bits per heavy atom. The lowest BCUT2D eigenvalue weighted by atomic mass is 10.4. The van der Waals surface area contributed by atoms with Gasteiger partial charge in [0.2, 0.25) is 0 Å². The van der Waals surface area contributed by atoms with Crippen LogP contribution in [0.4, 0.5) is 0 Å². The van der Waals surface area contributed by atoms with Gasteiger partial charge in [0.05, 0.1) is 17.1 Å². The molecule has 1 rings (SSSR count). The molecule has 0 unspecified atom stereocenters. The van der Waals surface area contributed by atoms with Gasteiger partial charge in [-0.25, -0.2) is 4.98 Å². The summed E-state index contributed by atoms with van der Waals surface area (Å²) >= 11 is 5.71. The van der Waals surface area contributed by atoms with E-state index >= 15 is 0 Å². The second-order valence-electron chi connectivity index (χ2n) is 2.27. The Bertz CT molecular complexity index is 208. The van der Waals surface area contributed by atoms with Crippen molar-refractivity contribution in [1.29, 1.82) is 0 Å². The molecule has 0 bridgehead atoms. The third-order valence-corrected chi connectivity index (χ3v) is 1.78. The lowest BCUT2D eigenvalue weighted by Gasteiger charge is -2.00. The lowest BCUT2D eigenvalue weighted by Crippen LogP contribution is -1.94. The highest BCUT2D eigenvalue weighted by atomic mass is 35.5. The predicted octanol–water partition coefficient (Wildman–Crippen LogP) is 2.06. The molecule has 0 aliphatic heterocycles. The van der Waals surface area contributed by atoms with E-state index in [4.69, 9.17) is 11.6 Å². The largest absolute Gasteiger partial charge is 0.253 e. The second-order valence-corrected chi connectivity index (χ2v) is 2.63. The molecule has 1 heterocycles. The third kappa shape index (κ3) is 1.27. The van der Waals surface area contributed by atoms with Gasteiger partial charge < -0.3 is 0 Å². The molecule has 0 spiro atoms. The maximum absolute atomic E-state index is 5.71. The van der Waals surface area contributed by atoms with Crippen molar-refractivity contribution >= 4 is 11.6 Å². The molecule has 0 amide bonds. The second kappa shape index (κ2) is 2.54. The fraction of sp³-hybridized carbons (Fsp3) is 0.429. The Labute approximate surface area is 65.3 Å². The van der Waals surface area contributed by atoms with Gasteiger partial charge in [0.15, 0.2) is 5.15 Å². The molecule has 0 atom stereocenters. The van der Waals surface area contributed by atoms with Gasteiger partial charge in [-0.2, -0.15) is 0 Å². The van der Waals surface area contributed by atoms with Crippen LogP contribution >= 0.6 is 11.6 Å². The van der Waals surface area contributed by atoms with Crippen LogP contribution in [0.3, 0.4) is 0 Å². The number of aryl methyl sites for hydroxylation is 3. The Balaban J connectivity index is 3.28. The fourth-order valence-electron chi connectivity index (χ4n) is 0.688. The first-order valence-electron chi connectivity index (χ1n) is 3.08. The van der Waals surface area contributed by atoms with E-state index in [0.29, 0.717) is 5.15 Å². The zero-order valence-corrected chi connectivity index (χ0v) is 7.03. The van der Waals surface area contributed by atoms with E-state index in [-0.39, 0.29) is 0 Å². The van der Waals surface area contributed by atoms with E-state index in [1.54, 1.807) is 0 Å². The van der Waals surface area contributed by atoms with Crippen LogP contribution in [-0.2, 0) is 0 Å². The number of aromatic nitrogens is 2. The van der Waals surface area contributed by atoms with E-state index in [0.717, 1.165) is 17.1 Å². The predicted molar refractivity (Wildman–Crippen MR) is 41.3 cm³/mol. The number of nitrogens with zero attached hydrogens (tertiary/aromatic N) is 2. The van der Waals surface area contributed by atoms with Crippen LogP contribution in [-0.4, -0.2) is 9.97 Å². The topological polar surface area (TPSA) is 25.8 Å². The van der Waals surface area contributed by atoms with Crippen LogP contribution in [0.2, 0.25) is 5.15 Å². The normalized spacial score (nSPS) is 10.0. The molecule has 0 fully saturated rings. The highest BCUT2D eigenvalue weighted by molar-refractivity contribution is 6.29. The summed E-state index contributed by atoms with van der Waals surface area (Å²) in [6.45, 7) is 5.67. The van der Waals surface area contributed by atoms with E-state index in [9.17, 15) is 0 Å². The smallest absolute Gasteiger partial charge is 0.150 e. The summed E-state index contributed by atoms with van der Waals surface area (Å²) in [5.41, 5.74) is 2.64. The molecule has 0 radical (unpaired) electrons. The van der Waals surface area contributed by atoms with Crippen molar-refractivity contribution in [1.82, 2.24) is 9.97 Å². The summed E-state index contributed by atoms with van der Waals surface area (Å²) in [4.78, 5) is 8.25. The Kier molecular flexibility index (Phi) is 1.90. The molecule has 3 heteroatoms. The van der Waals surface area contributed by atoms with Crippen molar-refractivity contribution in [2.24, 2.45) is 0 Å². The number of rotatable bonds is 0. The first-order valence-corrected chi connectivity index (χ1v) is 3.46. The minimum atomic E-state index is 0.503. The molecule has 0 aliphatic rings. The summed E-state index contributed by atoms with van der Waals surface area (Å²) in [6, 6.07) is 0. The lowest BCUT2D eigenvalue weighted by molar-refractivity contribution is 1.00. The zero-order valence-electron chi connectivity index (χ0n) is 6.27.